The van der Waals surface area contributed by atoms with Crippen LogP contribution in [0.3, 0.4) is 0 Å². The molecule has 9 N–H and O–H groups in total. The summed E-state index contributed by atoms with van der Waals surface area (Å²) in [5.41, 5.74) is 14.8. The molecule has 0 aliphatic carbocycles. The minimum absolute atomic E-state index is 0.228. The van der Waals surface area contributed by atoms with Crippen molar-refractivity contribution in [3.63, 3.8) is 0 Å². The average Bonchev–Trinajstić information content (AvgIpc) is 3.86. The zero-order chi connectivity index (χ0) is 39.0. The molecule has 12 nitrogen and oxygen atoms in total. The molecule has 54 heavy (non-hydrogen) atoms. The highest BCUT2D eigenvalue weighted by molar-refractivity contribution is 6.32. The quantitative estimate of drug-likeness (QED) is 0.0469. The summed E-state index contributed by atoms with van der Waals surface area (Å²) >= 11 is 6.28. The highest BCUT2D eigenvalue weighted by Gasteiger charge is 2.25. The van der Waals surface area contributed by atoms with Crippen molar-refractivity contribution in [2.24, 2.45) is 11.5 Å². The van der Waals surface area contributed by atoms with Crippen LogP contribution in [0.2, 0.25) is 5.02 Å². The Bertz CT molecular complexity index is 1840. The molecule has 2 heterocycles. The first-order chi connectivity index (χ1) is 26.1. The number of ether oxygens (including phenoxy) is 1. The number of nitrogens with one attached hydrogen (secondary N) is 1. The number of nitrogens with zero attached hydrogens (tertiary/aromatic N) is 3. The molecule has 0 atom stereocenters. The smallest absolute Gasteiger partial charge is 0.258 e. The molecule has 0 fully saturated rings. The van der Waals surface area contributed by atoms with E-state index in [9.17, 15) is 10.2 Å². The zero-order valence-corrected chi connectivity index (χ0v) is 32.3. The van der Waals surface area contributed by atoms with E-state index in [2.05, 4.69) is 46.6 Å². The Morgan fingerprint density at radius 3 is 2.19 bits per heavy atom. The van der Waals surface area contributed by atoms with E-state index in [1.54, 1.807) is 12.1 Å². The van der Waals surface area contributed by atoms with E-state index >= 15 is 0 Å². The van der Waals surface area contributed by atoms with Crippen LogP contribution in [0.15, 0.2) is 77.4 Å². The second-order valence-electron chi connectivity index (χ2n) is 14.0. The molecule has 13 heteroatoms. The van der Waals surface area contributed by atoms with E-state index in [1.807, 2.05) is 48.0 Å². The number of fused-ring (bicyclic) bond motifs is 1. The number of aryl methyl sites for hydroxylation is 1. The summed E-state index contributed by atoms with van der Waals surface area (Å²) in [6, 6.07) is 21.6. The largest absolute Gasteiger partial charge is 0.492 e. The SMILES string of the molecule is CCCCCCCCc1ccc(CNCC(N)(CO)CO)cc1.CCOc1ccc(-c2nc(-c3cccc4c3ccn4CC(N)(CO)CO)no2)cc1Cl. The average molecular weight is 765 g/mol. The normalized spacial score (nSPS) is 11.9. The highest BCUT2D eigenvalue weighted by atomic mass is 35.5. The predicted molar refractivity (Wildman–Crippen MR) is 214 cm³/mol. The third-order valence-electron chi connectivity index (χ3n) is 9.35. The number of benzene rings is 3. The van der Waals surface area contributed by atoms with E-state index in [-0.39, 0.29) is 33.0 Å². The lowest BCUT2D eigenvalue weighted by molar-refractivity contribution is 0.109. The van der Waals surface area contributed by atoms with Gasteiger partial charge in [-0.1, -0.05) is 92.2 Å². The van der Waals surface area contributed by atoms with Gasteiger partial charge in [0.15, 0.2) is 0 Å². The number of aromatic nitrogens is 3. The fraction of sp³-hybridized carbons (Fsp3) is 0.463. The summed E-state index contributed by atoms with van der Waals surface area (Å²) < 4.78 is 12.8. The van der Waals surface area contributed by atoms with E-state index in [1.165, 1.54) is 49.7 Å². The monoisotopic (exact) mass is 764 g/mol. The number of halogens is 1. The van der Waals surface area contributed by atoms with Gasteiger partial charge in [-0.3, -0.25) is 0 Å². The Balaban J connectivity index is 0.000000253. The summed E-state index contributed by atoms with van der Waals surface area (Å²) in [6.45, 7) is 4.88. The molecular weight excluding hydrogens is 708 g/mol. The van der Waals surface area contributed by atoms with Gasteiger partial charge in [-0.05, 0) is 61.2 Å². The van der Waals surface area contributed by atoms with Crippen molar-refractivity contribution < 1.29 is 29.7 Å². The van der Waals surface area contributed by atoms with Crippen molar-refractivity contribution in [3.05, 3.63) is 89.1 Å². The molecule has 0 saturated carbocycles. The fourth-order valence-corrected chi connectivity index (χ4v) is 6.19. The molecule has 294 valence electrons. The summed E-state index contributed by atoms with van der Waals surface area (Å²) in [5, 5.41) is 46.0. The van der Waals surface area contributed by atoms with Gasteiger partial charge in [0.2, 0.25) is 5.82 Å². The van der Waals surface area contributed by atoms with Gasteiger partial charge in [0.05, 0.1) is 49.1 Å². The van der Waals surface area contributed by atoms with E-state index in [4.69, 9.17) is 42.5 Å². The van der Waals surface area contributed by atoms with Crippen molar-refractivity contribution in [2.75, 3.05) is 39.6 Å². The van der Waals surface area contributed by atoms with Crippen LogP contribution in [0.25, 0.3) is 33.7 Å². The summed E-state index contributed by atoms with van der Waals surface area (Å²) in [5.74, 6) is 1.38. The molecule has 0 saturated heterocycles. The van der Waals surface area contributed by atoms with Crippen LogP contribution in [0.5, 0.6) is 5.75 Å². The Morgan fingerprint density at radius 1 is 0.833 bits per heavy atom. The van der Waals surface area contributed by atoms with Gasteiger partial charge in [-0.25, -0.2) is 0 Å². The molecule has 0 radical (unpaired) electrons. The maximum atomic E-state index is 9.52. The number of aliphatic hydroxyl groups excluding tert-OH is 4. The maximum absolute atomic E-state index is 9.52. The zero-order valence-electron chi connectivity index (χ0n) is 31.5. The summed E-state index contributed by atoms with van der Waals surface area (Å²) in [7, 11) is 0. The molecule has 0 aliphatic rings. The first-order valence-corrected chi connectivity index (χ1v) is 19.1. The molecule has 0 aliphatic heterocycles. The van der Waals surface area contributed by atoms with E-state index in [0.717, 1.165) is 22.9 Å². The molecule has 0 unspecified atom stereocenters. The van der Waals surface area contributed by atoms with Gasteiger partial charge < -0.3 is 51.0 Å². The Labute approximate surface area is 323 Å². The van der Waals surface area contributed by atoms with Gasteiger partial charge in [0.25, 0.3) is 5.89 Å². The number of aliphatic hydroxyl groups is 4. The van der Waals surface area contributed by atoms with Crippen LogP contribution in [-0.4, -0.2) is 85.8 Å². The first kappa shape index (κ1) is 42.9. The minimum atomic E-state index is -1.12. The number of nitrogens with two attached hydrogens (primary N) is 2. The highest BCUT2D eigenvalue weighted by Crippen LogP contribution is 2.33. The van der Waals surface area contributed by atoms with Gasteiger partial charge in [-0.2, -0.15) is 4.98 Å². The standard InChI is InChI=1S/C22H23ClN4O4.C19H34N2O2/c1-2-30-19-7-6-14(10-17(19)23)21-25-20(26-31-21)16-4-3-5-18-15(16)8-9-27(18)11-22(24,12-28)13-29;1-2-3-4-5-6-7-8-17-9-11-18(12-10-17)13-21-14-19(20,15-22)16-23/h3-10,28-29H,2,11-13,24H2,1H3;9-12,21-23H,2-8,13-16,20H2,1H3. The molecule has 3 aromatic carbocycles. The molecule has 0 spiro atoms. The first-order valence-electron chi connectivity index (χ1n) is 18.8. The lowest BCUT2D eigenvalue weighted by atomic mass is 10.0. The van der Waals surface area contributed by atoms with Crippen LogP contribution < -0.4 is 21.5 Å². The molecule has 2 aromatic heterocycles. The number of hydrogen-bond donors (Lipinski definition) is 7. The topological polar surface area (TPSA) is 198 Å². The summed E-state index contributed by atoms with van der Waals surface area (Å²) in [4.78, 5) is 4.54. The van der Waals surface area contributed by atoms with Crippen LogP contribution in [0, 0.1) is 0 Å². The van der Waals surface area contributed by atoms with Crippen LogP contribution in [-0.2, 0) is 19.5 Å². The van der Waals surface area contributed by atoms with Gasteiger partial charge in [-0.15, -0.1) is 0 Å². The lowest BCUT2D eigenvalue weighted by Gasteiger charge is -2.25. The summed E-state index contributed by atoms with van der Waals surface area (Å²) in [6.07, 6.45) is 11.0. The Hall–Kier alpha value is -3.85. The molecule has 0 bridgehead atoms. The van der Waals surface area contributed by atoms with Crippen LogP contribution >= 0.6 is 11.6 Å². The Morgan fingerprint density at radius 2 is 1.52 bits per heavy atom. The number of hydrogen-bond acceptors (Lipinski definition) is 11. The van der Waals surface area contributed by atoms with Crippen LogP contribution in [0.4, 0.5) is 0 Å². The van der Waals surface area contributed by atoms with Crippen molar-refractivity contribution >= 4 is 22.5 Å². The molecule has 5 rings (SSSR count). The minimum Gasteiger partial charge on any atom is -0.492 e. The fourth-order valence-electron chi connectivity index (χ4n) is 5.95. The van der Waals surface area contributed by atoms with Gasteiger partial charge in [0, 0.05) is 47.9 Å². The van der Waals surface area contributed by atoms with Crippen LogP contribution in [0.1, 0.15) is 63.5 Å². The van der Waals surface area contributed by atoms with Crippen molar-refractivity contribution in [1.29, 1.82) is 0 Å². The third kappa shape index (κ3) is 12.1. The molecule has 5 aromatic rings. The van der Waals surface area contributed by atoms with Crippen molar-refractivity contribution in [1.82, 2.24) is 20.0 Å². The molecular formula is C41H57ClN6O6. The van der Waals surface area contributed by atoms with E-state index < -0.39 is 11.1 Å². The second kappa shape index (κ2) is 21.3. The molecule has 0 amide bonds. The third-order valence-corrected chi connectivity index (χ3v) is 9.65. The lowest BCUT2D eigenvalue weighted by Crippen LogP contribution is -2.54. The van der Waals surface area contributed by atoms with Gasteiger partial charge in [0.1, 0.15) is 5.75 Å². The Kier molecular flexibility index (Phi) is 16.9. The second-order valence-corrected chi connectivity index (χ2v) is 14.4. The van der Waals surface area contributed by atoms with E-state index in [0.29, 0.717) is 47.7 Å². The number of unbranched alkanes of at least 4 members (excludes halogenated alkanes) is 5. The van der Waals surface area contributed by atoms with Gasteiger partial charge >= 0.3 is 0 Å². The maximum Gasteiger partial charge on any atom is 0.258 e. The van der Waals surface area contributed by atoms with Crippen molar-refractivity contribution in [3.8, 4) is 28.6 Å². The van der Waals surface area contributed by atoms with Crippen molar-refractivity contribution in [2.45, 2.75) is 83.0 Å². The number of rotatable bonds is 21. The predicted octanol–water partition coefficient (Wildman–Crippen LogP) is 5.45.